The predicted octanol–water partition coefficient (Wildman–Crippen LogP) is 4.57. The van der Waals surface area contributed by atoms with E-state index in [1.807, 2.05) is 25.1 Å². The summed E-state index contributed by atoms with van der Waals surface area (Å²) in [5, 5.41) is 0. The lowest BCUT2D eigenvalue weighted by Crippen LogP contribution is -2.31. The van der Waals surface area contributed by atoms with Crippen LogP contribution in [-0.4, -0.2) is 35.8 Å². The van der Waals surface area contributed by atoms with Crippen molar-refractivity contribution in [2.24, 2.45) is 0 Å². The van der Waals surface area contributed by atoms with E-state index in [0.29, 0.717) is 13.2 Å². The molecular formula is C21H26N4O2. The number of hydrogen-bond acceptors (Lipinski definition) is 4. The van der Waals surface area contributed by atoms with E-state index < -0.39 is 0 Å². The Kier molecular flexibility index (Phi) is 5.96. The maximum absolute atomic E-state index is 12.6. The fourth-order valence-electron chi connectivity index (χ4n) is 3.14. The molecule has 142 valence electrons. The summed E-state index contributed by atoms with van der Waals surface area (Å²) >= 11 is 0. The van der Waals surface area contributed by atoms with Crippen LogP contribution in [0.5, 0.6) is 0 Å². The quantitative estimate of drug-likeness (QED) is 0.665. The molecule has 1 amide bonds. The van der Waals surface area contributed by atoms with Crippen molar-refractivity contribution in [1.29, 1.82) is 0 Å². The third kappa shape index (κ3) is 4.22. The van der Waals surface area contributed by atoms with Gasteiger partial charge in [0.25, 0.3) is 0 Å². The van der Waals surface area contributed by atoms with E-state index in [1.54, 1.807) is 11.2 Å². The van der Waals surface area contributed by atoms with Crippen LogP contribution in [0.1, 0.15) is 26.3 Å². The van der Waals surface area contributed by atoms with Gasteiger partial charge in [-0.25, -0.2) is 9.78 Å². The van der Waals surface area contributed by atoms with Crippen LogP contribution in [0.15, 0.2) is 48.8 Å². The molecule has 1 N–H and O–H groups in total. The minimum atomic E-state index is -0.357. The van der Waals surface area contributed by atoms with Crippen molar-refractivity contribution < 1.29 is 9.53 Å². The molecule has 0 aliphatic rings. The number of fused-ring (bicyclic) bond motifs is 1. The molecule has 27 heavy (non-hydrogen) atoms. The smallest absolute Gasteiger partial charge is 0.414 e. The number of carbonyl (C=O) groups is 1. The lowest BCUT2D eigenvalue weighted by molar-refractivity contribution is 0.159. The average molecular weight is 366 g/mol. The molecule has 0 unspecified atom stereocenters. The van der Waals surface area contributed by atoms with Crippen molar-refractivity contribution in [2.75, 3.05) is 29.5 Å². The summed E-state index contributed by atoms with van der Waals surface area (Å²) in [6.45, 7) is 8.81. The van der Waals surface area contributed by atoms with Crippen LogP contribution in [0.4, 0.5) is 16.2 Å². The van der Waals surface area contributed by atoms with E-state index in [-0.39, 0.29) is 6.09 Å². The van der Waals surface area contributed by atoms with Crippen LogP contribution in [-0.2, 0) is 11.3 Å². The fourth-order valence-corrected chi connectivity index (χ4v) is 3.14. The number of benzene rings is 2. The number of ether oxygens (including phenoxy) is 1. The highest BCUT2D eigenvalue weighted by Crippen LogP contribution is 2.24. The monoisotopic (exact) mass is 366 g/mol. The SMILES string of the molecule is CCOC(=O)N(Cc1ccc(N(CC)CC)cc1)c1ccc2nc[nH]c2c1. The number of amides is 1. The van der Waals surface area contributed by atoms with Gasteiger partial charge >= 0.3 is 6.09 Å². The Morgan fingerprint density at radius 2 is 1.74 bits per heavy atom. The molecule has 6 nitrogen and oxygen atoms in total. The number of nitrogens with zero attached hydrogens (tertiary/aromatic N) is 3. The summed E-state index contributed by atoms with van der Waals surface area (Å²) in [6, 6.07) is 14.0. The number of nitrogens with one attached hydrogen (secondary N) is 1. The minimum Gasteiger partial charge on any atom is -0.449 e. The Balaban J connectivity index is 1.86. The standard InChI is InChI=1S/C21H26N4O2/c1-4-24(5-2)17-9-7-16(8-10-17)14-25(21(26)27-6-3)18-11-12-19-20(13-18)23-15-22-19/h7-13,15H,4-6,14H2,1-3H3,(H,22,23). The van der Waals surface area contributed by atoms with Crippen LogP contribution in [0.2, 0.25) is 0 Å². The lowest BCUT2D eigenvalue weighted by Gasteiger charge is -2.24. The number of H-pyrrole nitrogens is 1. The summed E-state index contributed by atoms with van der Waals surface area (Å²) < 4.78 is 5.27. The molecule has 0 fully saturated rings. The molecule has 1 aromatic heterocycles. The Morgan fingerprint density at radius 1 is 1.04 bits per heavy atom. The van der Waals surface area contributed by atoms with Crippen molar-refractivity contribution >= 4 is 28.5 Å². The highest BCUT2D eigenvalue weighted by atomic mass is 16.6. The molecule has 0 atom stereocenters. The first-order valence-corrected chi connectivity index (χ1v) is 9.37. The van der Waals surface area contributed by atoms with E-state index in [1.165, 1.54) is 5.69 Å². The van der Waals surface area contributed by atoms with Crippen molar-refractivity contribution in [3.63, 3.8) is 0 Å². The third-order valence-corrected chi connectivity index (χ3v) is 4.61. The highest BCUT2D eigenvalue weighted by molar-refractivity contribution is 5.90. The lowest BCUT2D eigenvalue weighted by atomic mass is 10.1. The van der Waals surface area contributed by atoms with Crippen LogP contribution in [0.3, 0.4) is 0 Å². The largest absolute Gasteiger partial charge is 0.449 e. The summed E-state index contributed by atoms with van der Waals surface area (Å²) in [5.74, 6) is 0. The number of rotatable bonds is 7. The molecule has 0 bridgehead atoms. The van der Waals surface area contributed by atoms with Gasteiger partial charge < -0.3 is 14.6 Å². The third-order valence-electron chi connectivity index (χ3n) is 4.61. The van der Waals surface area contributed by atoms with Crippen LogP contribution in [0, 0.1) is 0 Å². The molecule has 0 saturated heterocycles. The molecule has 2 aromatic carbocycles. The zero-order valence-electron chi connectivity index (χ0n) is 16.1. The van der Waals surface area contributed by atoms with E-state index in [0.717, 1.165) is 35.4 Å². The first-order chi connectivity index (χ1) is 13.2. The first-order valence-electron chi connectivity index (χ1n) is 9.37. The van der Waals surface area contributed by atoms with Gasteiger partial charge in [0.2, 0.25) is 0 Å². The normalized spacial score (nSPS) is 10.8. The predicted molar refractivity (Wildman–Crippen MR) is 109 cm³/mol. The van der Waals surface area contributed by atoms with E-state index in [4.69, 9.17) is 4.74 Å². The Hall–Kier alpha value is -3.02. The summed E-state index contributed by atoms with van der Waals surface area (Å²) in [5.41, 5.74) is 4.76. The molecule has 6 heteroatoms. The second-order valence-electron chi connectivity index (χ2n) is 6.23. The van der Waals surface area contributed by atoms with Gasteiger partial charge in [-0.2, -0.15) is 0 Å². The molecule has 0 saturated carbocycles. The summed E-state index contributed by atoms with van der Waals surface area (Å²) in [7, 11) is 0. The number of hydrogen-bond donors (Lipinski definition) is 1. The molecule has 1 heterocycles. The van der Waals surface area contributed by atoms with Crippen molar-refractivity contribution in [1.82, 2.24) is 9.97 Å². The van der Waals surface area contributed by atoms with Gasteiger partial charge in [-0.05, 0) is 56.7 Å². The molecule has 0 aliphatic heterocycles. The molecule has 0 aliphatic carbocycles. The first kappa shape index (κ1) is 18.8. The maximum Gasteiger partial charge on any atom is 0.414 e. The van der Waals surface area contributed by atoms with Crippen LogP contribution < -0.4 is 9.80 Å². The molecule has 3 aromatic rings. The molecule has 3 rings (SSSR count). The number of anilines is 2. The second kappa shape index (κ2) is 8.58. The van der Waals surface area contributed by atoms with Crippen molar-refractivity contribution in [3.8, 4) is 0 Å². The molecule has 0 spiro atoms. The Bertz CT molecular complexity index is 885. The van der Waals surface area contributed by atoms with Gasteiger partial charge in [0.1, 0.15) is 0 Å². The number of carbonyl (C=O) groups excluding carboxylic acids is 1. The Labute approximate surface area is 159 Å². The number of imidazole rings is 1. The second-order valence-corrected chi connectivity index (χ2v) is 6.23. The van der Waals surface area contributed by atoms with Gasteiger partial charge in [-0.1, -0.05) is 12.1 Å². The van der Waals surface area contributed by atoms with Gasteiger partial charge in [-0.3, -0.25) is 4.90 Å². The Morgan fingerprint density at radius 3 is 2.41 bits per heavy atom. The van der Waals surface area contributed by atoms with Crippen LogP contribution >= 0.6 is 0 Å². The van der Waals surface area contributed by atoms with Crippen LogP contribution in [0.25, 0.3) is 11.0 Å². The molecular weight excluding hydrogens is 340 g/mol. The van der Waals surface area contributed by atoms with Gasteiger partial charge in [0, 0.05) is 24.5 Å². The van der Waals surface area contributed by atoms with E-state index >= 15 is 0 Å². The van der Waals surface area contributed by atoms with Gasteiger partial charge in [-0.15, -0.1) is 0 Å². The van der Waals surface area contributed by atoms with E-state index in [9.17, 15) is 4.79 Å². The minimum absolute atomic E-state index is 0.336. The van der Waals surface area contributed by atoms with Gasteiger partial charge in [0.15, 0.2) is 0 Å². The topological polar surface area (TPSA) is 61.5 Å². The zero-order valence-corrected chi connectivity index (χ0v) is 16.1. The average Bonchev–Trinajstić information content (AvgIpc) is 3.16. The number of aromatic amines is 1. The van der Waals surface area contributed by atoms with Gasteiger partial charge in [0.05, 0.1) is 30.5 Å². The number of aromatic nitrogens is 2. The highest BCUT2D eigenvalue weighted by Gasteiger charge is 2.18. The summed E-state index contributed by atoms with van der Waals surface area (Å²) in [4.78, 5) is 23.8. The maximum atomic E-state index is 12.6. The molecule has 0 radical (unpaired) electrons. The zero-order chi connectivity index (χ0) is 19.2. The fraction of sp³-hybridized carbons (Fsp3) is 0.333. The van der Waals surface area contributed by atoms with Crippen molar-refractivity contribution in [2.45, 2.75) is 27.3 Å². The van der Waals surface area contributed by atoms with Crippen molar-refractivity contribution in [3.05, 3.63) is 54.4 Å². The summed E-state index contributed by atoms with van der Waals surface area (Å²) in [6.07, 6.45) is 1.29. The van der Waals surface area contributed by atoms with E-state index in [2.05, 4.69) is 53.0 Å².